The number of rotatable bonds is 4. The van der Waals surface area contributed by atoms with Gasteiger partial charge in [0.2, 0.25) is 0 Å². The molecular formula is C19H19N3O2. The first-order valence-electron chi connectivity index (χ1n) is 8.20. The molecule has 0 aliphatic carbocycles. The van der Waals surface area contributed by atoms with Crippen LogP contribution in [0.4, 0.5) is 5.69 Å². The molecule has 0 radical (unpaired) electrons. The van der Waals surface area contributed by atoms with Gasteiger partial charge in [-0.25, -0.2) is 9.78 Å². The minimum atomic E-state index is -0.350. The maximum Gasteiger partial charge on any atom is 0.358 e. The first-order valence-corrected chi connectivity index (χ1v) is 8.20. The summed E-state index contributed by atoms with van der Waals surface area (Å²) in [6.07, 6.45) is 4.61. The van der Waals surface area contributed by atoms with Crippen molar-refractivity contribution in [2.24, 2.45) is 5.92 Å². The Balaban J connectivity index is 1.34. The maximum absolute atomic E-state index is 12.2. The van der Waals surface area contributed by atoms with Crippen molar-refractivity contribution in [1.82, 2.24) is 9.38 Å². The van der Waals surface area contributed by atoms with E-state index in [2.05, 4.69) is 22.0 Å². The standard InChI is InChI=1S/C19H19N3O2/c23-19(17-13-22-10-5-4-8-18(22)20-17)24-14-15-9-11-21(12-15)16-6-2-1-3-7-16/h1-8,10,13,15H,9,11-12,14H2/t15-/m1/s1. The van der Waals surface area contributed by atoms with Crippen LogP contribution in [0.3, 0.4) is 0 Å². The fraction of sp³-hybridized carbons (Fsp3) is 0.263. The number of esters is 1. The number of anilines is 1. The predicted molar refractivity (Wildman–Crippen MR) is 92.2 cm³/mol. The normalized spacial score (nSPS) is 17.3. The predicted octanol–water partition coefficient (Wildman–Crippen LogP) is 3.02. The number of ether oxygens (including phenoxy) is 1. The van der Waals surface area contributed by atoms with Gasteiger partial charge in [0.15, 0.2) is 5.69 Å². The van der Waals surface area contributed by atoms with E-state index < -0.39 is 0 Å². The molecule has 5 nitrogen and oxygen atoms in total. The highest BCUT2D eigenvalue weighted by Crippen LogP contribution is 2.23. The van der Waals surface area contributed by atoms with Gasteiger partial charge in [-0.1, -0.05) is 24.3 Å². The van der Waals surface area contributed by atoms with Crippen molar-refractivity contribution in [2.45, 2.75) is 6.42 Å². The van der Waals surface area contributed by atoms with Crippen molar-refractivity contribution < 1.29 is 9.53 Å². The van der Waals surface area contributed by atoms with Crippen LogP contribution in [-0.2, 0) is 4.74 Å². The lowest BCUT2D eigenvalue weighted by atomic mass is 10.1. The molecule has 1 fully saturated rings. The topological polar surface area (TPSA) is 46.8 Å². The smallest absolute Gasteiger partial charge is 0.358 e. The van der Waals surface area contributed by atoms with Crippen LogP contribution in [0.5, 0.6) is 0 Å². The highest BCUT2D eigenvalue weighted by Gasteiger charge is 2.24. The van der Waals surface area contributed by atoms with Gasteiger partial charge in [0.1, 0.15) is 5.65 Å². The number of pyridine rings is 1. The molecule has 24 heavy (non-hydrogen) atoms. The molecule has 3 aromatic rings. The number of imidazole rings is 1. The Bertz CT molecular complexity index is 811. The Labute approximate surface area is 140 Å². The van der Waals surface area contributed by atoms with Crippen molar-refractivity contribution in [1.29, 1.82) is 0 Å². The number of aromatic nitrogens is 2. The first-order chi connectivity index (χ1) is 11.8. The molecule has 2 aromatic heterocycles. The van der Waals surface area contributed by atoms with Crippen molar-refractivity contribution in [2.75, 3.05) is 24.6 Å². The van der Waals surface area contributed by atoms with Crippen LogP contribution in [0.25, 0.3) is 5.65 Å². The van der Waals surface area contributed by atoms with Crippen LogP contribution in [0.15, 0.2) is 60.9 Å². The molecule has 5 heteroatoms. The molecule has 3 heterocycles. The van der Waals surface area contributed by atoms with Gasteiger partial charge in [0.25, 0.3) is 0 Å². The average Bonchev–Trinajstić information content (AvgIpc) is 3.27. The lowest BCUT2D eigenvalue weighted by molar-refractivity contribution is 0.0445. The first kappa shape index (κ1) is 14.8. The Morgan fingerprint density at radius 1 is 1.17 bits per heavy atom. The third-order valence-corrected chi connectivity index (χ3v) is 4.43. The van der Waals surface area contributed by atoms with E-state index in [1.807, 2.05) is 47.0 Å². The highest BCUT2D eigenvalue weighted by atomic mass is 16.5. The third kappa shape index (κ3) is 2.97. The molecule has 1 saturated heterocycles. The van der Waals surface area contributed by atoms with Crippen LogP contribution >= 0.6 is 0 Å². The number of nitrogens with zero attached hydrogens (tertiary/aromatic N) is 3. The van der Waals surface area contributed by atoms with Crippen LogP contribution in [-0.4, -0.2) is 35.1 Å². The van der Waals surface area contributed by atoms with Crippen molar-refractivity contribution >= 4 is 17.3 Å². The van der Waals surface area contributed by atoms with Gasteiger partial charge in [-0.15, -0.1) is 0 Å². The number of fused-ring (bicyclic) bond motifs is 1. The second kappa shape index (κ2) is 6.35. The molecule has 1 aromatic carbocycles. The zero-order valence-corrected chi connectivity index (χ0v) is 13.3. The van der Waals surface area contributed by atoms with Gasteiger partial charge in [0, 0.05) is 37.1 Å². The van der Waals surface area contributed by atoms with Gasteiger partial charge < -0.3 is 14.0 Å². The lowest BCUT2D eigenvalue weighted by Gasteiger charge is -2.18. The number of hydrogen-bond donors (Lipinski definition) is 0. The van der Waals surface area contributed by atoms with E-state index in [1.54, 1.807) is 6.20 Å². The van der Waals surface area contributed by atoms with E-state index in [0.29, 0.717) is 18.2 Å². The summed E-state index contributed by atoms with van der Waals surface area (Å²) in [5.74, 6) is 0.0167. The van der Waals surface area contributed by atoms with Crippen molar-refractivity contribution in [3.05, 3.63) is 66.6 Å². The Morgan fingerprint density at radius 2 is 2.00 bits per heavy atom. The zero-order valence-electron chi connectivity index (χ0n) is 13.3. The van der Waals surface area contributed by atoms with E-state index in [4.69, 9.17) is 4.74 Å². The molecule has 4 rings (SSSR count). The van der Waals surface area contributed by atoms with Crippen LogP contribution in [0, 0.1) is 5.92 Å². The second-order valence-corrected chi connectivity index (χ2v) is 6.13. The van der Waals surface area contributed by atoms with Crippen molar-refractivity contribution in [3.8, 4) is 0 Å². The average molecular weight is 321 g/mol. The Kier molecular flexibility index (Phi) is 3.91. The van der Waals surface area contributed by atoms with Gasteiger partial charge >= 0.3 is 5.97 Å². The molecule has 0 bridgehead atoms. The van der Waals surface area contributed by atoms with Gasteiger partial charge in [-0.05, 0) is 30.7 Å². The number of benzene rings is 1. The lowest BCUT2D eigenvalue weighted by Crippen LogP contribution is -2.22. The summed E-state index contributed by atoms with van der Waals surface area (Å²) in [6.45, 7) is 2.36. The fourth-order valence-corrected chi connectivity index (χ4v) is 3.14. The minimum absolute atomic E-state index is 0.350. The summed E-state index contributed by atoms with van der Waals surface area (Å²) >= 11 is 0. The highest BCUT2D eigenvalue weighted by molar-refractivity contribution is 5.87. The largest absolute Gasteiger partial charge is 0.461 e. The molecule has 0 N–H and O–H groups in total. The summed E-state index contributed by atoms with van der Waals surface area (Å²) in [7, 11) is 0. The second-order valence-electron chi connectivity index (χ2n) is 6.13. The van der Waals surface area contributed by atoms with E-state index >= 15 is 0 Å². The summed E-state index contributed by atoms with van der Waals surface area (Å²) in [6, 6.07) is 16.0. The minimum Gasteiger partial charge on any atom is -0.461 e. The van der Waals surface area contributed by atoms with Crippen molar-refractivity contribution in [3.63, 3.8) is 0 Å². The molecule has 1 atom stereocenters. The molecule has 0 spiro atoms. The molecule has 1 aliphatic rings. The van der Waals surface area contributed by atoms with Gasteiger partial charge in [-0.2, -0.15) is 0 Å². The summed E-state index contributed by atoms with van der Waals surface area (Å²) in [5.41, 5.74) is 2.34. The summed E-state index contributed by atoms with van der Waals surface area (Å²) < 4.78 is 7.31. The molecular weight excluding hydrogens is 302 g/mol. The SMILES string of the molecule is O=C(OC[C@@H]1CCN(c2ccccc2)C1)c1cn2ccccc2n1. The summed E-state index contributed by atoms with van der Waals surface area (Å²) in [4.78, 5) is 18.8. The van der Waals surface area contributed by atoms with Gasteiger partial charge in [-0.3, -0.25) is 0 Å². The summed E-state index contributed by atoms with van der Waals surface area (Å²) in [5, 5.41) is 0. The Hall–Kier alpha value is -2.82. The fourth-order valence-electron chi connectivity index (χ4n) is 3.14. The van der Waals surface area contributed by atoms with Crippen LogP contribution < -0.4 is 4.90 Å². The molecule has 0 saturated carbocycles. The quantitative estimate of drug-likeness (QED) is 0.693. The van der Waals surface area contributed by atoms with E-state index in [1.165, 1.54) is 5.69 Å². The molecule has 0 unspecified atom stereocenters. The third-order valence-electron chi connectivity index (χ3n) is 4.43. The molecule has 122 valence electrons. The number of carbonyl (C=O) groups is 1. The van der Waals surface area contributed by atoms with E-state index in [-0.39, 0.29) is 5.97 Å². The van der Waals surface area contributed by atoms with E-state index in [0.717, 1.165) is 25.2 Å². The zero-order chi connectivity index (χ0) is 16.4. The molecule has 1 aliphatic heterocycles. The van der Waals surface area contributed by atoms with E-state index in [9.17, 15) is 4.79 Å². The number of carbonyl (C=O) groups excluding carboxylic acids is 1. The monoisotopic (exact) mass is 321 g/mol. The van der Waals surface area contributed by atoms with Gasteiger partial charge in [0.05, 0.1) is 6.61 Å². The number of hydrogen-bond acceptors (Lipinski definition) is 4. The van der Waals surface area contributed by atoms with Crippen LogP contribution in [0.2, 0.25) is 0 Å². The Morgan fingerprint density at radius 3 is 2.83 bits per heavy atom. The van der Waals surface area contributed by atoms with Crippen LogP contribution in [0.1, 0.15) is 16.9 Å². The maximum atomic E-state index is 12.2. The number of para-hydroxylation sites is 1. The molecule has 0 amide bonds.